The summed E-state index contributed by atoms with van der Waals surface area (Å²) in [5, 5.41) is 8.45. The van der Waals surface area contributed by atoms with Gasteiger partial charge in [0.1, 0.15) is 5.82 Å². The van der Waals surface area contributed by atoms with Gasteiger partial charge in [-0.25, -0.2) is 4.39 Å². The van der Waals surface area contributed by atoms with E-state index >= 15 is 0 Å². The summed E-state index contributed by atoms with van der Waals surface area (Å²) in [5.41, 5.74) is -1.48. The molecule has 0 aliphatic heterocycles. The Morgan fingerprint density at radius 3 is 2.45 bits per heavy atom. The van der Waals surface area contributed by atoms with Crippen molar-refractivity contribution in [2.24, 2.45) is 0 Å². The van der Waals surface area contributed by atoms with E-state index in [1.54, 1.807) is 0 Å². The molecule has 2 aromatic rings. The van der Waals surface area contributed by atoms with E-state index in [1.165, 1.54) is 0 Å². The molecule has 0 aliphatic carbocycles. The molecule has 0 saturated heterocycles. The maximum Gasteiger partial charge on any atom is 0.416 e. The number of anilines is 2. The molecule has 0 saturated carbocycles. The predicted octanol–water partition coefficient (Wildman–Crippen LogP) is 4.08. The standard InChI is InChI=1S/C10H4Cl2F4N4/c11-7-8(18-9(12)20-19-7)17-6-3-4(10(14,15)16)1-2-5(6)13/h1-3H,(H,17,18,20). The smallest absolute Gasteiger partial charge is 0.335 e. The van der Waals surface area contributed by atoms with Crippen molar-refractivity contribution in [3.63, 3.8) is 0 Å². The highest BCUT2D eigenvalue weighted by molar-refractivity contribution is 6.32. The van der Waals surface area contributed by atoms with Gasteiger partial charge in [-0.05, 0) is 29.8 Å². The summed E-state index contributed by atoms with van der Waals surface area (Å²) in [7, 11) is 0. The van der Waals surface area contributed by atoms with Crippen LogP contribution >= 0.6 is 23.2 Å². The van der Waals surface area contributed by atoms with Gasteiger partial charge in [0.05, 0.1) is 11.3 Å². The predicted molar refractivity (Wildman–Crippen MR) is 64.5 cm³/mol. The average molecular weight is 327 g/mol. The van der Waals surface area contributed by atoms with Crippen LogP contribution in [-0.2, 0) is 6.18 Å². The van der Waals surface area contributed by atoms with Crippen molar-refractivity contribution in [2.75, 3.05) is 5.32 Å². The zero-order chi connectivity index (χ0) is 14.9. The molecule has 1 heterocycles. The zero-order valence-electron chi connectivity index (χ0n) is 9.34. The second kappa shape index (κ2) is 5.37. The minimum Gasteiger partial charge on any atom is -0.335 e. The first kappa shape index (κ1) is 14.7. The van der Waals surface area contributed by atoms with Crippen LogP contribution in [0.2, 0.25) is 10.4 Å². The second-order valence-electron chi connectivity index (χ2n) is 3.54. The molecule has 0 bridgehead atoms. The third kappa shape index (κ3) is 3.26. The largest absolute Gasteiger partial charge is 0.416 e. The van der Waals surface area contributed by atoms with Gasteiger partial charge in [-0.2, -0.15) is 18.2 Å². The molecule has 0 fully saturated rings. The summed E-state index contributed by atoms with van der Waals surface area (Å²) in [4.78, 5) is 3.60. The number of aromatic nitrogens is 3. The van der Waals surface area contributed by atoms with E-state index in [0.717, 1.165) is 0 Å². The Labute approximate surface area is 119 Å². The first-order valence-corrected chi connectivity index (χ1v) is 5.72. The molecule has 2 rings (SSSR count). The van der Waals surface area contributed by atoms with Crippen LogP contribution in [0.1, 0.15) is 5.56 Å². The number of rotatable bonds is 2. The molecule has 1 aromatic carbocycles. The molecule has 0 amide bonds. The number of nitrogens with zero attached hydrogens (tertiary/aromatic N) is 3. The van der Waals surface area contributed by atoms with Gasteiger partial charge < -0.3 is 5.32 Å². The van der Waals surface area contributed by atoms with Crippen molar-refractivity contribution >= 4 is 34.7 Å². The van der Waals surface area contributed by atoms with Gasteiger partial charge in [0.25, 0.3) is 0 Å². The Hall–Kier alpha value is -1.67. The fourth-order valence-corrected chi connectivity index (χ4v) is 1.55. The molecule has 10 heteroatoms. The average Bonchev–Trinajstić information content (AvgIpc) is 2.35. The second-order valence-corrected chi connectivity index (χ2v) is 4.23. The van der Waals surface area contributed by atoms with E-state index in [0.29, 0.717) is 18.2 Å². The number of hydrogen-bond donors (Lipinski definition) is 1. The summed E-state index contributed by atoms with van der Waals surface area (Å²) >= 11 is 11.1. The number of alkyl halides is 3. The SMILES string of the molecule is Fc1ccc(C(F)(F)F)cc1Nc1nc(Cl)nnc1Cl. The van der Waals surface area contributed by atoms with Gasteiger partial charge in [-0.3, -0.25) is 0 Å². The molecule has 20 heavy (non-hydrogen) atoms. The molecular formula is C10H4Cl2F4N4. The summed E-state index contributed by atoms with van der Waals surface area (Å²) < 4.78 is 51.1. The van der Waals surface area contributed by atoms with Gasteiger partial charge in [0.15, 0.2) is 11.0 Å². The van der Waals surface area contributed by atoms with Crippen LogP contribution < -0.4 is 5.32 Å². The Balaban J connectivity index is 2.40. The van der Waals surface area contributed by atoms with Gasteiger partial charge in [0.2, 0.25) is 5.28 Å². The lowest BCUT2D eigenvalue weighted by atomic mass is 10.2. The summed E-state index contributed by atoms with van der Waals surface area (Å²) in [6, 6.07) is 1.88. The molecular weight excluding hydrogens is 323 g/mol. The Kier molecular flexibility index (Phi) is 3.96. The van der Waals surface area contributed by atoms with Crippen LogP contribution in [-0.4, -0.2) is 15.2 Å². The van der Waals surface area contributed by atoms with Crippen LogP contribution in [0.25, 0.3) is 0 Å². The van der Waals surface area contributed by atoms with Crippen molar-refractivity contribution in [3.05, 3.63) is 40.0 Å². The molecule has 0 unspecified atom stereocenters. The topological polar surface area (TPSA) is 50.7 Å². The van der Waals surface area contributed by atoms with Crippen molar-refractivity contribution in [1.29, 1.82) is 0 Å². The first-order chi connectivity index (χ1) is 9.27. The third-order valence-electron chi connectivity index (χ3n) is 2.17. The van der Waals surface area contributed by atoms with Gasteiger partial charge in [-0.1, -0.05) is 11.6 Å². The van der Waals surface area contributed by atoms with E-state index in [1.807, 2.05) is 0 Å². The molecule has 106 valence electrons. The first-order valence-electron chi connectivity index (χ1n) is 4.97. The van der Waals surface area contributed by atoms with Crippen LogP contribution in [0, 0.1) is 5.82 Å². The van der Waals surface area contributed by atoms with Crippen molar-refractivity contribution in [1.82, 2.24) is 15.2 Å². The minimum atomic E-state index is -4.60. The third-order valence-corrected chi connectivity index (χ3v) is 2.58. The maximum absolute atomic E-state index is 13.5. The Morgan fingerprint density at radius 1 is 1.10 bits per heavy atom. The van der Waals surface area contributed by atoms with Crippen molar-refractivity contribution in [3.8, 4) is 0 Å². The summed E-state index contributed by atoms with van der Waals surface area (Å²) in [6.07, 6.45) is -4.60. The fraction of sp³-hybridized carbons (Fsp3) is 0.100. The highest BCUT2D eigenvalue weighted by atomic mass is 35.5. The minimum absolute atomic E-state index is 0.204. The molecule has 0 atom stereocenters. The van der Waals surface area contributed by atoms with Crippen LogP contribution in [0.5, 0.6) is 0 Å². The van der Waals surface area contributed by atoms with Gasteiger partial charge in [0, 0.05) is 0 Å². The van der Waals surface area contributed by atoms with E-state index in [9.17, 15) is 17.6 Å². The van der Waals surface area contributed by atoms with Gasteiger partial charge in [-0.15, -0.1) is 10.2 Å². The zero-order valence-corrected chi connectivity index (χ0v) is 10.9. The number of halogens is 6. The lowest BCUT2D eigenvalue weighted by Crippen LogP contribution is -2.07. The normalized spacial score (nSPS) is 11.5. The number of nitrogens with one attached hydrogen (secondary N) is 1. The van der Waals surface area contributed by atoms with E-state index in [-0.39, 0.29) is 16.3 Å². The van der Waals surface area contributed by atoms with Crippen LogP contribution in [0.15, 0.2) is 18.2 Å². The number of hydrogen-bond acceptors (Lipinski definition) is 4. The Bertz CT molecular complexity index is 648. The van der Waals surface area contributed by atoms with Gasteiger partial charge >= 0.3 is 6.18 Å². The molecule has 1 aromatic heterocycles. The lowest BCUT2D eigenvalue weighted by molar-refractivity contribution is -0.137. The molecule has 0 radical (unpaired) electrons. The lowest BCUT2D eigenvalue weighted by Gasteiger charge is -2.11. The monoisotopic (exact) mass is 326 g/mol. The van der Waals surface area contributed by atoms with E-state index in [4.69, 9.17) is 23.2 Å². The molecule has 0 spiro atoms. The molecule has 1 N–H and O–H groups in total. The summed E-state index contributed by atoms with van der Waals surface area (Å²) in [6.45, 7) is 0. The van der Waals surface area contributed by atoms with E-state index < -0.39 is 23.2 Å². The van der Waals surface area contributed by atoms with Crippen LogP contribution in [0.4, 0.5) is 29.1 Å². The molecule has 0 aliphatic rings. The van der Waals surface area contributed by atoms with Crippen LogP contribution in [0.3, 0.4) is 0 Å². The summed E-state index contributed by atoms with van der Waals surface area (Å²) in [5.74, 6) is -1.12. The quantitative estimate of drug-likeness (QED) is 0.845. The van der Waals surface area contributed by atoms with Crippen molar-refractivity contribution < 1.29 is 17.6 Å². The fourth-order valence-electron chi connectivity index (χ4n) is 1.30. The highest BCUT2D eigenvalue weighted by Gasteiger charge is 2.31. The van der Waals surface area contributed by atoms with E-state index in [2.05, 4.69) is 20.5 Å². The number of benzene rings is 1. The van der Waals surface area contributed by atoms with Crippen molar-refractivity contribution in [2.45, 2.75) is 6.18 Å². The highest BCUT2D eigenvalue weighted by Crippen LogP contribution is 2.33. The molecule has 4 nitrogen and oxygen atoms in total. The maximum atomic E-state index is 13.5. The Morgan fingerprint density at radius 2 is 1.80 bits per heavy atom.